The third kappa shape index (κ3) is 3.25. The molecular weight excluding hydrogens is 192 g/mol. The van der Waals surface area contributed by atoms with Crippen LogP contribution >= 0.6 is 0 Å². The van der Waals surface area contributed by atoms with Gasteiger partial charge in [-0.25, -0.2) is 5.84 Å². The molecule has 1 amide bonds. The minimum Gasteiger partial charge on any atom is -0.496 e. The van der Waals surface area contributed by atoms with Crippen molar-refractivity contribution in [1.82, 2.24) is 5.43 Å². The van der Waals surface area contributed by atoms with E-state index in [0.717, 1.165) is 16.9 Å². The first-order valence-corrected chi connectivity index (χ1v) is 4.80. The molecule has 1 aromatic carbocycles. The van der Waals surface area contributed by atoms with Gasteiger partial charge in [-0.2, -0.15) is 0 Å². The van der Waals surface area contributed by atoms with E-state index in [1.165, 1.54) is 0 Å². The molecule has 0 saturated carbocycles. The summed E-state index contributed by atoms with van der Waals surface area (Å²) in [5.74, 6) is 5.65. The summed E-state index contributed by atoms with van der Waals surface area (Å²) >= 11 is 0. The van der Waals surface area contributed by atoms with E-state index < -0.39 is 0 Å². The molecular formula is C11H16N2O2. The van der Waals surface area contributed by atoms with Gasteiger partial charge in [-0.3, -0.25) is 10.2 Å². The summed E-state index contributed by atoms with van der Waals surface area (Å²) in [5.41, 5.74) is 4.29. The zero-order chi connectivity index (χ0) is 11.3. The second-order valence-electron chi connectivity index (χ2n) is 3.38. The van der Waals surface area contributed by atoms with E-state index in [0.29, 0.717) is 12.8 Å². The lowest BCUT2D eigenvalue weighted by molar-refractivity contribution is -0.121. The smallest absolute Gasteiger partial charge is 0.234 e. The Labute approximate surface area is 89.4 Å². The van der Waals surface area contributed by atoms with Gasteiger partial charge >= 0.3 is 0 Å². The number of methoxy groups -OCH3 is 1. The highest BCUT2D eigenvalue weighted by molar-refractivity contribution is 5.75. The molecule has 0 aliphatic carbocycles. The molecule has 4 nitrogen and oxygen atoms in total. The van der Waals surface area contributed by atoms with Crippen molar-refractivity contribution in [2.75, 3.05) is 7.11 Å². The van der Waals surface area contributed by atoms with Crippen LogP contribution in [0, 0.1) is 6.92 Å². The Morgan fingerprint density at radius 2 is 2.27 bits per heavy atom. The summed E-state index contributed by atoms with van der Waals surface area (Å²) in [7, 11) is 1.62. The first-order valence-electron chi connectivity index (χ1n) is 4.80. The van der Waals surface area contributed by atoms with Crippen molar-refractivity contribution < 1.29 is 9.53 Å². The van der Waals surface area contributed by atoms with Crippen molar-refractivity contribution in [3.8, 4) is 5.75 Å². The van der Waals surface area contributed by atoms with Crippen molar-refractivity contribution in [2.24, 2.45) is 5.84 Å². The highest BCUT2D eigenvalue weighted by Crippen LogP contribution is 2.20. The quantitative estimate of drug-likeness (QED) is 0.439. The number of ether oxygens (including phenoxy) is 1. The van der Waals surface area contributed by atoms with E-state index >= 15 is 0 Å². The SMILES string of the molecule is COc1ccc(C)cc1CCC(=O)NN. The summed E-state index contributed by atoms with van der Waals surface area (Å²) in [4.78, 5) is 11.0. The number of carbonyl (C=O) groups excluding carboxylic acids is 1. The van der Waals surface area contributed by atoms with E-state index in [-0.39, 0.29) is 5.91 Å². The van der Waals surface area contributed by atoms with E-state index in [4.69, 9.17) is 10.6 Å². The van der Waals surface area contributed by atoms with Gasteiger partial charge in [-0.15, -0.1) is 0 Å². The summed E-state index contributed by atoms with van der Waals surface area (Å²) in [6, 6.07) is 5.90. The molecule has 4 heteroatoms. The minimum atomic E-state index is -0.168. The molecule has 0 bridgehead atoms. The highest BCUT2D eigenvalue weighted by atomic mass is 16.5. The molecule has 0 unspecified atom stereocenters. The molecule has 0 saturated heterocycles. The van der Waals surface area contributed by atoms with Gasteiger partial charge in [0.1, 0.15) is 5.75 Å². The maximum absolute atomic E-state index is 11.0. The maximum Gasteiger partial charge on any atom is 0.234 e. The van der Waals surface area contributed by atoms with Crippen molar-refractivity contribution in [3.63, 3.8) is 0 Å². The number of carbonyl (C=O) groups is 1. The average molecular weight is 208 g/mol. The molecule has 0 radical (unpaired) electrons. The zero-order valence-electron chi connectivity index (χ0n) is 9.04. The summed E-state index contributed by atoms with van der Waals surface area (Å²) in [5, 5.41) is 0. The van der Waals surface area contributed by atoms with Crippen molar-refractivity contribution >= 4 is 5.91 Å². The summed E-state index contributed by atoms with van der Waals surface area (Å²) in [6.07, 6.45) is 1.00. The van der Waals surface area contributed by atoms with Gasteiger partial charge in [0.2, 0.25) is 5.91 Å². The number of hydrogen-bond acceptors (Lipinski definition) is 3. The molecule has 3 N–H and O–H groups in total. The molecule has 1 aromatic rings. The minimum absolute atomic E-state index is 0.168. The largest absolute Gasteiger partial charge is 0.496 e. The second-order valence-corrected chi connectivity index (χ2v) is 3.38. The van der Waals surface area contributed by atoms with Crippen molar-refractivity contribution in [3.05, 3.63) is 29.3 Å². The first kappa shape index (κ1) is 11.5. The first-order chi connectivity index (χ1) is 7.17. The lowest BCUT2D eigenvalue weighted by Crippen LogP contribution is -2.30. The van der Waals surface area contributed by atoms with Crippen LogP contribution in [-0.2, 0) is 11.2 Å². The third-order valence-electron chi connectivity index (χ3n) is 2.22. The van der Waals surface area contributed by atoms with Crippen LogP contribution < -0.4 is 16.0 Å². The Kier molecular flexibility index (Phi) is 4.12. The van der Waals surface area contributed by atoms with Gasteiger partial charge in [0.05, 0.1) is 7.11 Å². The predicted molar refractivity (Wildman–Crippen MR) is 58.4 cm³/mol. The average Bonchev–Trinajstić information content (AvgIpc) is 2.26. The van der Waals surface area contributed by atoms with Gasteiger partial charge in [-0.1, -0.05) is 17.7 Å². The van der Waals surface area contributed by atoms with Crippen molar-refractivity contribution in [1.29, 1.82) is 0 Å². The van der Waals surface area contributed by atoms with Gasteiger partial charge < -0.3 is 4.74 Å². The summed E-state index contributed by atoms with van der Waals surface area (Å²) in [6.45, 7) is 2.01. The standard InChI is InChI=1S/C11H16N2O2/c1-8-3-5-10(15-2)9(7-8)4-6-11(14)13-12/h3,5,7H,4,6,12H2,1-2H3,(H,13,14). The Bertz CT molecular complexity index is 350. The Hall–Kier alpha value is -1.55. The van der Waals surface area contributed by atoms with Gasteiger partial charge in [0, 0.05) is 6.42 Å². The van der Waals surface area contributed by atoms with Crippen LogP contribution in [0.15, 0.2) is 18.2 Å². The van der Waals surface area contributed by atoms with E-state index in [2.05, 4.69) is 5.43 Å². The molecule has 0 spiro atoms. The van der Waals surface area contributed by atoms with Crippen LogP contribution in [0.3, 0.4) is 0 Å². The fourth-order valence-electron chi connectivity index (χ4n) is 1.42. The predicted octanol–water partition coefficient (Wildman–Crippen LogP) is 0.926. The van der Waals surface area contributed by atoms with E-state index in [9.17, 15) is 4.79 Å². The fourth-order valence-corrected chi connectivity index (χ4v) is 1.42. The normalized spacial score (nSPS) is 9.80. The third-order valence-corrected chi connectivity index (χ3v) is 2.22. The molecule has 15 heavy (non-hydrogen) atoms. The topological polar surface area (TPSA) is 64.3 Å². The van der Waals surface area contributed by atoms with Crippen molar-refractivity contribution in [2.45, 2.75) is 19.8 Å². The molecule has 0 atom stereocenters. The Morgan fingerprint density at radius 3 is 2.87 bits per heavy atom. The highest BCUT2D eigenvalue weighted by Gasteiger charge is 2.05. The van der Waals surface area contributed by atoms with Crippen LogP contribution in [0.5, 0.6) is 5.75 Å². The Morgan fingerprint density at radius 1 is 1.53 bits per heavy atom. The van der Waals surface area contributed by atoms with Gasteiger partial charge in [0.15, 0.2) is 0 Å². The van der Waals surface area contributed by atoms with Crippen LogP contribution in [0.2, 0.25) is 0 Å². The number of amides is 1. The molecule has 1 rings (SSSR count). The lowest BCUT2D eigenvalue weighted by atomic mass is 10.1. The molecule has 0 fully saturated rings. The van der Waals surface area contributed by atoms with Gasteiger partial charge in [0.25, 0.3) is 0 Å². The number of hydrazine groups is 1. The molecule has 82 valence electrons. The van der Waals surface area contributed by atoms with Crippen LogP contribution in [0.25, 0.3) is 0 Å². The number of benzene rings is 1. The number of nitrogens with one attached hydrogen (secondary N) is 1. The molecule has 0 heterocycles. The lowest BCUT2D eigenvalue weighted by Gasteiger charge is -2.08. The van der Waals surface area contributed by atoms with E-state index in [1.807, 2.05) is 25.1 Å². The molecule has 0 aliphatic heterocycles. The second kappa shape index (κ2) is 5.36. The number of aryl methyl sites for hydroxylation is 2. The molecule has 0 aliphatic rings. The monoisotopic (exact) mass is 208 g/mol. The number of nitrogens with two attached hydrogens (primary N) is 1. The van der Waals surface area contributed by atoms with Crippen LogP contribution in [0.4, 0.5) is 0 Å². The maximum atomic E-state index is 11.0. The van der Waals surface area contributed by atoms with Gasteiger partial charge in [-0.05, 0) is 25.0 Å². The summed E-state index contributed by atoms with van der Waals surface area (Å²) < 4.78 is 5.20. The van der Waals surface area contributed by atoms with E-state index in [1.54, 1.807) is 7.11 Å². The zero-order valence-corrected chi connectivity index (χ0v) is 9.04. The van der Waals surface area contributed by atoms with Crippen LogP contribution in [0.1, 0.15) is 17.5 Å². The molecule has 0 aromatic heterocycles. The fraction of sp³-hybridized carbons (Fsp3) is 0.364. The Balaban J connectivity index is 2.74. The number of hydrogen-bond donors (Lipinski definition) is 2. The van der Waals surface area contributed by atoms with Crippen LogP contribution in [-0.4, -0.2) is 13.0 Å². The number of rotatable bonds is 4.